The summed E-state index contributed by atoms with van der Waals surface area (Å²) in [6.45, 7) is 1.24. The second-order valence-corrected chi connectivity index (χ2v) is 6.16. The van der Waals surface area contributed by atoms with Crippen molar-refractivity contribution in [1.82, 2.24) is 0 Å². The standard InChI is InChI=1S/C15H11F3O4S/c1-10(19)11-5-4-6-12(9-11)23(20,21)22-14-8-3-2-7-13(14)15(16,17)18/h2-9H,1H3. The summed E-state index contributed by atoms with van der Waals surface area (Å²) < 4.78 is 67.6. The normalized spacial score (nSPS) is 12.0. The van der Waals surface area contributed by atoms with Crippen LogP contribution >= 0.6 is 0 Å². The van der Waals surface area contributed by atoms with Gasteiger partial charge in [-0.2, -0.15) is 21.6 Å². The van der Waals surface area contributed by atoms with Crippen LogP contribution in [0.15, 0.2) is 53.4 Å². The predicted molar refractivity (Wildman–Crippen MR) is 75.7 cm³/mol. The van der Waals surface area contributed by atoms with E-state index in [1.54, 1.807) is 0 Å². The van der Waals surface area contributed by atoms with Crippen LogP contribution in [-0.2, 0) is 16.3 Å². The number of benzene rings is 2. The van der Waals surface area contributed by atoms with Crippen LogP contribution in [0.25, 0.3) is 0 Å². The first-order chi connectivity index (χ1) is 10.6. The zero-order valence-corrected chi connectivity index (χ0v) is 12.6. The molecular weight excluding hydrogens is 333 g/mol. The van der Waals surface area contributed by atoms with Gasteiger partial charge in [0.1, 0.15) is 4.90 Å². The highest BCUT2D eigenvalue weighted by Gasteiger charge is 2.35. The molecule has 0 aliphatic rings. The van der Waals surface area contributed by atoms with E-state index in [0.717, 1.165) is 30.3 Å². The van der Waals surface area contributed by atoms with Gasteiger partial charge >= 0.3 is 16.3 Å². The van der Waals surface area contributed by atoms with Crippen molar-refractivity contribution in [3.63, 3.8) is 0 Å². The number of carbonyl (C=O) groups excluding carboxylic acids is 1. The zero-order valence-electron chi connectivity index (χ0n) is 11.8. The molecule has 0 saturated heterocycles. The van der Waals surface area contributed by atoms with E-state index in [9.17, 15) is 26.4 Å². The van der Waals surface area contributed by atoms with Crippen LogP contribution in [0.1, 0.15) is 22.8 Å². The molecule has 0 saturated carbocycles. The second-order valence-electron chi connectivity index (χ2n) is 4.62. The second kappa shape index (κ2) is 6.04. The number of para-hydroxylation sites is 1. The summed E-state index contributed by atoms with van der Waals surface area (Å²) in [5.41, 5.74) is -1.09. The summed E-state index contributed by atoms with van der Waals surface area (Å²) in [7, 11) is -4.50. The first-order valence-corrected chi connectivity index (χ1v) is 7.74. The lowest BCUT2D eigenvalue weighted by molar-refractivity contribution is -0.138. The first-order valence-electron chi connectivity index (χ1n) is 6.33. The highest BCUT2D eigenvalue weighted by molar-refractivity contribution is 7.87. The van der Waals surface area contributed by atoms with E-state index in [-0.39, 0.29) is 11.3 Å². The molecule has 0 fully saturated rings. The van der Waals surface area contributed by atoms with E-state index < -0.39 is 32.5 Å². The Bertz CT molecular complexity index is 842. The van der Waals surface area contributed by atoms with Crippen LogP contribution in [0.3, 0.4) is 0 Å². The number of Topliss-reactive ketones (excluding diaryl/α,β-unsaturated/α-hetero) is 1. The molecule has 0 unspecified atom stereocenters. The molecule has 2 aromatic rings. The van der Waals surface area contributed by atoms with E-state index in [2.05, 4.69) is 4.18 Å². The Hall–Kier alpha value is -2.35. The molecule has 122 valence electrons. The smallest absolute Gasteiger partial charge is 0.378 e. The molecule has 4 nitrogen and oxygen atoms in total. The van der Waals surface area contributed by atoms with Crippen molar-refractivity contribution in [1.29, 1.82) is 0 Å². The summed E-state index contributed by atoms with van der Waals surface area (Å²) in [4.78, 5) is 10.9. The lowest BCUT2D eigenvalue weighted by atomic mass is 10.2. The molecule has 23 heavy (non-hydrogen) atoms. The molecule has 0 spiro atoms. The van der Waals surface area contributed by atoms with Crippen LogP contribution in [0.5, 0.6) is 5.75 Å². The average molecular weight is 344 g/mol. The van der Waals surface area contributed by atoms with Crippen molar-refractivity contribution >= 4 is 15.9 Å². The third-order valence-corrected chi connectivity index (χ3v) is 4.15. The third-order valence-electron chi connectivity index (χ3n) is 2.92. The minimum Gasteiger partial charge on any atom is -0.378 e. The minimum atomic E-state index is -4.76. The Labute approximate surface area is 130 Å². The Kier molecular flexibility index (Phi) is 4.46. The Morgan fingerprint density at radius 3 is 2.30 bits per heavy atom. The van der Waals surface area contributed by atoms with Crippen molar-refractivity contribution < 1.29 is 30.6 Å². The maximum absolute atomic E-state index is 12.9. The van der Waals surface area contributed by atoms with Gasteiger partial charge in [0.05, 0.1) is 5.56 Å². The molecule has 0 aromatic heterocycles. The fourth-order valence-corrected chi connectivity index (χ4v) is 2.80. The van der Waals surface area contributed by atoms with Crippen LogP contribution in [0.2, 0.25) is 0 Å². The molecule has 0 atom stereocenters. The highest BCUT2D eigenvalue weighted by Crippen LogP contribution is 2.37. The van der Waals surface area contributed by atoms with E-state index in [1.165, 1.54) is 25.1 Å². The molecule has 0 bridgehead atoms. The fraction of sp³-hybridized carbons (Fsp3) is 0.133. The average Bonchev–Trinajstić information content (AvgIpc) is 2.46. The van der Waals surface area contributed by atoms with Gasteiger partial charge in [-0.05, 0) is 31.2 Å². The van der Waals surface area contributed by atoms with Crippen LogP contribution in [0, 0.1) is 0 Å². The molecule has 8 heteroatoms. The van der Waals surface area contributed by atoms with Crippen LogP contribution in [0.4, 0.5) is 13.2 Å². The summed E-state index contributed by atoms with van der Waals surface area (Å²) in [6, 6.07) is 8.87. The van der Waals surface area contributed by atoms with Gasteiger partial charge in [0.25, 0.3) is 0 Å². The van der Waals surface area contributed by atoms with E-state index in [1.807, 2.05) is 0 Å². The number of alkyl halides is 3. The Balaban J connectivity index is 2.44. The van der Waals surface area contributed by atoms with Crippen LogP contribution < -0.4 is 4.18 Å². The van der Waals surface area contributed by atoms with E-state index >= 15 is 0 Å². The van der Waals surface area contributed by atoms with Crippen molar-refractivity contribution in [2.45, 2.75) is 18.0 Å². The minimum absolute atomic E-state index is 0.110. The van der Waals surface area contributed by atoms with Gasteiger partial charge in [-0.3, -0.25) is 4.79 Å². The topological polar surface area (TPSA) is 60.4 Å². The van der Waals surface area contributed by atoms with Gasteiger partial charge < -0.3 is 4.18 Å². The number of ketones is 1. The number of carbonyl (C=O) groups is 1. The van der Waals surface area contributed by atoms with Crippen molar-refractivity contribution in [2.24, 2.45) is 0 Å². The molecule has 0 heterocycles. The first kappa shape index (κ1) is 17.0. The molecule has 2 rings (SSSR count). The summed E-state index contributed by atoms with van der Waals surface area (Å²) in [6.07, 6.45) is -4.76. The van der Waals surface area contributed by atoms with Gasteiger partial charge in [0.2, 0.25) is 0 Å². The largest absolute Gasteiger partial charge is 0.420 e. The van der Waals surface area contributed by atoms with Crippen molar-refractivity contribution in [3.05, 3.63) is 59.7 Å². The lowest BCUT2D eigenvalue weighted by Gasteiger charge is -2.13. The number of hydrogen-bond donors (Lipinski definition) is 0. The van der Waals surface area contributed by atoms with Gasteiger partial charge in [0.15, 0.2) is 11.5 Å². The summed E-state index contributed by atoms with van der Waals surface area (Å²) in [5, 5.41) is 0. The molecule has 0 amide bonds. The Morgan fingerprint density at radius 2 is 1.70 bits per heavy atom. The van der Waals surface area contributed by atoms with Gasteiger partial charge in [0, 0.05) is 5.56 Å². The van der Waals surface area contributed by atoms with Gasteiger partial charge in [-0.15, -0.1) is 0 Å². The maximum Gasteiger partial charge on any atom is 0.420 e. The third kappa shape index (κ3) is 3.89. The molecule has 0 aliphatic carbocycles. The quantitative estimate of drug-likeness (QED) is 0.627. The van der Waals surface area contributed by atoms with E-state index in [0.29, 0.717) is 0 Å². The van der Waals surface area contributed by atoms with Gasteiger partial charge in [-0.1, -0.05) is 24.3 Å². The Morgan fingerprint density at radius 1 is 1.04 bits per heavy atom. The summed E-state index contributed by atoms with van der Waals surface area (Å²) >= 11 is 0. The van der Waals surface area contributed by atoms with Crippen molar-refractivity contribution in [3.8, 4) is 5.75 Å². The van der Waals surface area contributed by atoms with Crippen LogP contribution in [-0.4, -0.2) is 14.2 Å². The molecule has 0 aliphatic heterocycles. The maximum atomic E-state index is 12.9. The number of hydrogen-bond acceptors (Lipinski definition) is 4. The monoisotopic (exact) mass is 344 g/mol. The highest BCUT2D eigenvalue weighted by atomic mass is 32.2. The van der Waals surface area contributed by atoms with E-state index in [4.69, 9.17) is 0 Å². The molecule has 0 N–H and O–H groups in total. The number of rotatable bonds is 4. The SMILES string of the molecule is CC(=O)c1cccc(S(=O)(=O)Oc2ccccc2C(F)(F)F)c1. The predicted octanol–water partition coefficient (Wildman–Crippen LogP) is 3.68. The number of halogens is 3. The molecule has 0 radical (unpaired) electrons. The van der Waals surface area contributed by atoms with Gasteiger partial charge in [-0.25, -0.2) is 0 Å². The zero-order chi connectivity index (χ0) is 17.3. The summed E-state index contributed by atoms with van der Waals surface area (Å²) in [5.74, 6) is -1.20. The molecule has 2 aromatic carbocycles. The van der Waals surface area contributed by atoms with Crippen molar-refractivity contribution in [2.75, 3.05) is 0 Å². The lowest BCUT2D eigenvalue weighted by Crippen LogP contribution is -2.14. The molecular formula is C15H11F3O4S. The fourth-order valence-electron chi connectivity index (χ4n) is 1.81.